The minimum absolute atomic E-state index is 0. The van der Waals surface area contributed by atoms with E-state index >= 15 is 0 Å². The van der Waals surface area contributed by atoms with E-state index in [1.54, 1.807) is 12.7 Å². The van der Waals surface area contributed by atoms with Crippen LogP contribution in [0.3, 0.4) is 0 Å². The van der Waals surface area contributed by atoms with Crippen molar-refractivity contribution in [1.29, 1.82) is 0 Å². The van der Waals surface area contributed by atoms with Crippen LogP contribution in [0, 0.1) is 6.92 Å². The van der Waals surface area contributed by atoms with Gasteiger partial charge in [-0.3, -0.25) is 0 Å². The van der Waals surface area contributed by atoms with E-state index in [0.29, 0.717) is 0 Å². The molecule has 0 saturated heterocycles. The summed E-state index contributed by atoms with van der Waals surface area (Å²) in [6, 6.07) is 0. The molecule has 9 heavy (non-hydrogen) atoms. The minimum atomic E-state index is 0. The Hall–Kier alpha value is 0.776. The number of nitrogens with zero attached hydrogens (tertiary/aromatic N) is 3. The molecule has 1 aromatic rings. The molecule has 0 spiro atoms. The summed E-state index contributed by atoms with van der Waals surface area (Å²) >= 11 is 0. The number of rotatable bonds is 2. The third-order valence-corrected chi connectivity index (χ3v) is 0.883. The van der Waals surface area contributed by atoms with Crippen molar-refractivity contribution >= 4 is 0 Å². The molecule has 1 rings (SSSR count). The zero-order chi connectivity index (χ0) is 5.82. The van der Waals surface area contributed by atoms with Crippen molar-refractivity contribution in [3.63, 3.8) is 0 Å². The molecule has 0 bridgehead atoms. The Bertz CT molecular complexity index is 138. The molecule has 0 unspecified atom stereocenters. The van der Waals surface area contributed by atoms with Crippen LogP contribution in [0.2, 0.25) is 0 Å². The van der Waals surface area contributed by atoms with Gasteiger partial charge in [0, 0.05) is 0 Å². The fourth-order valence-electron chi connectivity index (χ4n) is 0.520. The van der Waals surface area contributed by atoms with Gasteiger partial charge < -0.3 is 11.5 Å². The van der Waals surface area contributed by atoms with Gasteiger partial charge in [-0.15, -0.1) is 10.2 Å². The second-order valence-electron chi connectivity index (χ2n) is 1.55. The van der Waals surface area contributed by atoms with E-state index in [1.165, 1.54) is 0 Å². The third kappa shape index (κ3) is 3.47. The van der Waals surface area contributed by atoms with Gasteiger partial charge in [0.25, 0.3) is 0 Å². The minimum Gasteiger partial charge on any atom is -0.342 e. The SMILES string of the molecule is [CH2-]CCn1cnnc1.[K+]. The maximum atomic E-state index is 3.68. The molecular formula is C5H8KN3. The summed E-state index contributed by atoms with van der Waals surface area (Å²) in [5.74, 6) is 0. The first-order valence-electron chi connectivity index (χ1n) is 2.55. The van der Waals surface area contributed by atoms with Gasteiger partial charge in [0.1, 0.15) is 12.7 Å². The fraction of sp³-hybridized carbons (Fsp3) is 0.400. The van der Waals surface area contributed by atoms with Crippen LogP contribution < -0.4 is 51.4 Å². The number of aromatic nitrogens is 3. The first kappa shape index (κ1) is 9.78. The molecule has 1 heterocycles. The molecular weight excluding hydrogens is 141 g/mol. The largest absolute Gasteiger partial charge is 1.00 e. The summed E-state index contributed by atoms with van der Waals surface area (Å²) in [6.07, 6.45) is 4.26. The smallest absolute Gasteiger partial charge is 0.342 e. The predicted octanol–water partition coefficient (Wildman–Crippen LogP) is -2.49. The number of aryl methyl sites for hydroxylation is 1. The average molecular weight is 149 g/mol. The van der Waals surface area contributed by atoms with Crippen LogP contribution in [-0.2, 0) is 6.54 Å². The molecule has 0 saturated carbocycles. The molecule has 0 N–H and O–H groups in total. The zero-order valence-corrected chi connectivity index (χ0v) is 8.74. The number of hydrogen-bond acceptors (Lipinski definition) is 2. The Morgan fingerprint density at radius 2 is 1.89 bits per heavy atom. The van der Waals surface area contributed by atoms with Crippen molar-refractivity contribution in [3.8, 4) is 0 Å². The molecule has 0 amide bonds. The van der Waals surface area contributed by atoms with E-state index in [0.717, 1.165) is 13.0 Å². The second kappa shape index (κ2) is 5.55. The van der Waals surface area contributed by atoms with Crippen molar-refractivity contribution in [1.82, 2.24) is 14.8 Å². The van der Waals surface area contributed by atoms with Gasteiger partial charge in [-0.05, 0) is 6.54 Å². The standard InChI is InChI=1S/C5H8N3.K/c1-2-3-8-4-6-7-5-8;/h4-5H,1-3H2;/q-1;+1. The average Bonchev–Trinajstić information content (AvgIpc) is 2.19. The molecule has 0 aliphatic rings. The Balaban J connectivity index is 0.000000640. The van der Waals surface area contributed by atoms with Crippen LogP contribution >= 0.6 is 0 Å². The zero-order valence-electron chi connectivity index (χ0n) is 5.62. The first-order chi connectivity index (χ1) is 3.93. The Kier molecular flexibility index (Phi) is 6.03. The molecule has 0 radical (unpaired) electrons. The maximum absolute atomic E-state index is 3.68. The van der Waals surface area contributed by atoms with Gasteiger partial charge in [-0.2, -0.15) is 6.42 Å². The van der Waals surface area contributed by atoms with E-state index in [9.17, 15) is 0 Å². The summed E-state index contributed by atoms with van der Waals surface area (Å²) in [5.41, 5.74) is 0. The molecule has 0 atom stereocenters. The van der Waals surface area contributed by atoms with E-state index in [2.05, 4.69) is 17.1 Å². The summed E-state index contributed by atoms with van der Waals surface area (Å²) in [5, 5.41) is 7.25. The van der Waals surface area contributed by atoms with Crippen LogP contribution in [0.25, 0.3) is 0 Å². The van der Waals surface area contributed by atoms with Crippen LogP contribution in [0.5, 0.6) is 0 Å². The van der Waals surface area contributed by atoms with Crippen molar-refractivity contribution < 1.29 is 51.4 Å². The summed E-state index contributed by atoms with van der Waals surface area (Å²) in [6.45, 7) is 4.59. The van der Waals surface area contributed by atoms with Crippen molar-refractivity contribution in [2.24, 2.45) is 0 Å². The van der Waals surface area contributed by atoms with Gasteiger partial charge in [0.2, 0.25) is 0 Å². The van der Waals surface area contributed by atoms with Crippen molar-refractivity contribution in [2.75, 3.05) is 0 Å². The van der Waals surface area contributed by atoms with Crippen LogP contribution in [0.15, 0.2) is 12.7 Å². The Morgan fingerprint density at radius 3 is 2.33 bits per heavy atom. The number of hydrogen-bond donors (Lipinski definition) is 0. The van der Waals surface area contributed by atoms with E-state index in [4.69, 9.17) is 0 Å². The molecule has 4 heteroatoms. The predicted molar refractivity (Wildman–Crippen MR) is 30.0 cm³/mol. The van der Waals surface area contributed by atoms with Gasteiger partial charge in [-0.25, -0.2) is 0 Å². The summed E-state index contributed by atoms with van der Waals surface area (Å²) in [4.78, 5) is 0. The normalized spacial score (nSPS) is 8.56. The second-order valence-corrected chi connectivity index (χ2v) is 1.55. The Labute approximate surface area is 97.3 Å². The van der Waals surface area contributed by atoms with E-state index in [-0.39, 0.29) is 51.4 Å². The molecule has 0 aliphatic heterocycles. The molecule has 1 aromatic heterocycles. The van der Waals surface area contributed by atoms with Gasteiger partial charge in [-0.1, -0.05) is 0 Å². The van der Waals surface area contributed by atoms with Gasteiger partial charge in [0.15, 0.2) is 0 Å². The van der Waals surface area contributed by atoms with Crippen molar-refractivity contribution in [3.05, 3.63) is 19.6 Å². The fourth-order valence-corrected chi connectivity index (χ4v) is 0.520. The summed E-state index contributed by atoms with van der Waals surface area (Å²) in [7, 11) is 0. The van der Waals surface area contributed by atoms with Crippen LogP contribution in [-0.4, -0.2) is 14.8 Å². The molecule has 3 nitrogen and oxygen atoms in total. The van der Waals surface area contributed by atoms with Crippen LogP contribution in [0.1, 0.15) is 6.42 Å². The molecule has 0 aliphatic carbocycles. The summed E-state index contributed by atoms with van der Waals surface area (Å²) < 4.78 is 1.90. The molecule has 0 aromatic carbocycles. The molecule has 0 fully saturated rings. The van der Waals surface area contributed by atoms with Crippen LogP contribution in [0.4, 0.5) is 0 Å². The maximum Gasteiger partial charge on any atom is 1.00 e. The van der Waals surface area contributed by atoms with Gasteiger partial charge in [0.05, 0.1) is 0 Å². The Morgan fingerprint density at radius 1 is 1.33 bits per heavy atom. The quantitative estimate of drug-likeness (QED) is 0.344. The topological polar surface area (TPSA) is 30.7 Å². The third-order valence-electron chi connectivity index (χ3n) is 0.883. The van der Waals surface area contributed by atoms with E-state index < -0.39 is 0 Å². The molecule has 44 valence electrons. The van der Waals surface area contributed by atoms with Gasteiger partial charge >= 0.3 is 51.4 Å². The monoisotopic (exact) mass is 149 g/mol. The van der Waals surface area contributed by atoms with Crippen molar-refractivity contribution in [2.45, 2.75) is 13.0 Å². The van der Waals surface area contributed by atoms with E-state index in [1.807, 2.05) is 4.57 Å². The first-order valence-corrected chi connectivity index (χ1v) is 2.55.